The molecule has 2 aromatic heterocycles. The summed E-state index contributed by atoms with van der Waals surface area (Å²) >= 11 is 2.38. The van der Waals surface area contributed by atoms with Gasteiger partial charge >= 0.3 is 0 Å². The average molecular weight is 392 g/mol. The molecule has 10 heteroatoms. The molecule has 0 spiro atoms. The van der Waals surface area contributed by atoms with Crippen LogP contribution in [0.1, 0.15) is 13.8 Å². The van der Waals surface area contributed by atoms with Gasteiger partial charge in [0.15, 0.2) is 10.3 Å². The molecular formula is C16H16N4O4S2. The Kier molecular flexibility index (Phi) is 5.43. The van der Waals surface area contributed by atoms with Crippen LogP contribution in [0.25, 0.3) is 10.2 Å². The van der Waals surface area contributed by atoms with Crippen LogP contribution in [-0.4, -0.2) is 37.8 Å². The maximum Gasteiger partial charge on any atom is 0.255 e. The van der Waals surface area contributed by atoms with Crippen LogP contribution in [0.15, 0.2) is 34.2 Å². The molecule has 0 bridgehead atoms. The maximum absolute atomic E-state index is 12.4. The summed E-state index contributed by atoms with van der Waals surface area (Å²) in [5.41, 5.74) is 0.289. The van der Waals surface area contributed by atoms with E-state index in [0.717, 1.165) is 33.8 Å². The third-order valence-corrected chi connectivity index (χ3v) is 5.18. The number of amides is 1. The summed E-state index contributed by atoms with van der Waals surface area (Å²) in [6.07, 6.45) is 0. The molecule has 0 fully saturated rings. The van der Waals surface area contributed by atoms with Crippen LogP contribution in [0.5, 0.6) is 11.6 Å². The minimum Gasteiger partial charge on any atom is -0.494 e. The first-order valence-electron chi connectivity index (χ1n) is 7.76. The minimum atomic E-state index is -0.550. The highest BCUT2D eigenvalue weighted by molar-refractivity contribution is 8.00. The molecule has 1 unspecified atom stereocenters. The Hall–Kier alpha value is -2.59. The van der Waals surface area contributed by atoms with E-state index in [-0.39, 0.29) is 16.9 Å². The SMILES string of the molecule is CCOc1ccc2nc(NC(=O)C(C)Sc3nc(O)cc(=O)[nH]3)sc2c1. The number of hydrogen-bond acceptors (Lipinski definition) is 8. The fourth-order valence-corrected chi connectivity index (χ4v) is 3.83. The van der Waals surface area contributed by atoms with Crippen molar-refractivity contribution in [3.05, 3.63) is 34.6 Å². The van der Waals surface area contributed by atoms with Gasteiger partial charge in [-0.1, -0.05) is 23.1 Å². The van der Waals surface area contributed by atoms with E-state index in [1.54, 1.807) is 6.92 Å². The number of rotatable bonds is 6. The van der Waals surface area contributed by atoms with Crippen molar-refractivity contribution < 1.29 is 14.6 Å². The number of thiazole rings is 1. The fraction of sp³-hybridized carbons (Fsp3) is 0.250. The molecule has 0 aliphatic carbocycles. The Morgan fingerprint density at radius 3 is 2.96 bits per heavy atom. The van der Waals surface area contributed by atoms with Crippen molar-refractivity contribution in [3.63, 3.8) is 0 Å². The lowest BCUT2D eigenvalue weighted by Gasteiger charge is -2.09. The molecule has 0 radical (unpaired) electrons. The number of carbonyl (C=O) groups excluding carboxylic acids is 1. The lowest BCUT2D eigenvalue weighted by Crippen LogP contribution is -2.23. The van der Waals surface area contributed by atoms with Crippen molar-refractivity contribution in [2.75, 3.05) is 11.9 Å². The molecule has 2 heterocycles. The first-order valence-corrected chi connectivity index (χ1v) is 9.45. The number of nitrogens with one attached hydrogen (secondary N) is 2. The van der Waals surface area contributed by atoms with E-state index in [4.69, 9.17) is 4.74 Å². The van der Waals surface area contributed by atoms with E-state index >= 15 is 0 Å². The zero-order valence-electron chi connectivity index (χ0n) is 14.0. The van der Waals surface area contributed by atoms with Crippen molar-refractivity contribution in [1.29, 1.82) is 0 Å². The van der Waals surface area contributed by atoms with E-state index in [1.807, 2.05) is 25.1 Å². The van der Waals surface area contributed by atoms with Gasteiger partial charge in [0.05, 0.1) is 28.1 Å². The molecule has 26 heavy (non-hydrogen) atoms. The van der Waals surface area contributed by atoms with Gasteiger partial charge in [0.1, 0.15) is 5.75 Å². The smallest absolute Gasteiger partial charge is 0.255 e. The minimum absolute atomic E-state index is 0.170. The van der Waals surface area contributed by atoms with Gasteiger partial charge in [0, 0.05) is 0 Å². The quantitative estimate of drug-likeness (QED) is 0.436. The Morgan fingerprint density at radius 2 is 2.23 bits per heavy atom. The van der Waals surface area contributed by atoms with E-state index < -0.39 is 10.8 Å². The lowest BCUT2D eigenvalue weighted by molar-refractivity contribution is -0.115. The maximum atomic E-state index is 12.4. The third-order valence-electron chi connectivity index (χ3n) is 3.27. The first-order chi connectivity index (χ1) is 12.4. The van der Waals surface area contributed by atoms with Gasteiger partial charge < -0.3 is 20.1 Å². The fourth-order valence-electron chi connectivity index (χ4n) is 2.12. The number of ether oxygens (including phenoxy) is 1. The number of aromatic nitrogens is 3. The number of aromatic amines is 1. The molecule has 3 N–H and O–H groups in total. The number of H-pyrrole nitrogens is 1. The molecule has 0 aliphatic rings. The second kappa shape index (κ2) is 7.75. The topological polar surface area (TPSA) is 117 Å². The second-order valence-corrected chi connectivity index (χ2v) is 7.60. The highest BCUT2D eigenvalue weighted by atomic mass is 32.2. The molecule has 1 atom stereocenters. The van der Waals surface area contributed by atoms with Gasteiger partial charge in [-0.15, -0.1) is 0 Å². The van der Waals surface area contributed by atoms with Gasteiger partial charge in [-0.3, -0.25) is 9.59 Å². The summed E-state index contributed by atoms with van der Waals surface area (Å²) < 4.78 is 6.37. The van der Waals surface area contributed by atoms with Crippen LogP contribution >= 0.6 is 23.1 Å². The number of thioether (sulfide) groups is 1. The van der Waals surface area contributed by atoms with Gasteiger partial charge in [-0.25, -0.2) is 4.98 Å². The van der Waals surface area contributed by atoms with Crippen LogP contribution in [0.2, 0.25) is 0 Å². The Balaban J connectivity index is 1.70. The number of benzene rings is 1. The third kappa shape index (κ3) is 4.33. The summed E-state index contributed by atoms with van der Waals surface area (Å²) in [4.78, 5) is 34.3. The summed E-state index contributed by atoms with van der Waals surface area (Å²) in [7, 11) is 0. The van der Waals surface area contributed by atoms with Crippen LogP contribution < -0.4 is 15.6 Å². The van der Waals surface area contributed by atoms with Crippen LogP contribution in [0.4, 0.5) is 5.13 Å². The number of carbonyl (C=O) groups is 1. The summed E-state index contributed by atoms with van der Waals surface area (Å²) in [5, 5.41) is 12.2. The zero-order chi connectivity index (χ0) is 18.7. The largest absolute Gasteiger partial charge is 0.494 e. The Labute approximate surface area is 156 Å². The van der Waals surface area contributed by atoms with Crippen LogP contribution in [0, 0.1) is 0 Å². The number of aromatic hydroxyl groups is 1. The molecule has 0 saturated heterocycles. The molecule has 136 valence electrons. The van der Waals surface area contributed by atoms with Crippen LogP contribution in [-0.2, 0) is 4.79 Å². The van der Waals surface area contributed by atoms with Crippen LogP contribution in [0.3, 0.4) is 0 Å². The Morgan fingerprint density at radius 1 is 1.42 bits per heavy atom. The van der Waals surface area contributed by atoms with Gasteiger partial charge in [-0.2, -0.15) is 4.98 Å². The Bertz CT molecular complexity index is 1000. The number of hydrogen-bond donors (Lipinski definition) is 3. The predicted octanol–water partition coefficient (Wildman–Crippen LogP) is 2.60. The van der Waals surface area contributed by atoms with Crippen molar-refractivity contribution in [3.8, 4) is 11.6 Å². The van der Waals surface area contributed by atoms with E-state index in [9.17, 15) is 14.7 Å². The van der Waals surface area contributed by atoms with Gasteiger partial charge in [0.2, 0.25) is 11.8 Å². The molecule has 3 rings (SSSR count). The van der Waals surface area contributed by atoms with Crippen molar-refractivity contribution in [2.45, 2.75) is 24.3 Å². The molecule has 1 amide bonds. The second-order valence-electron chi connectivity index (χ2n) is 5.24. The molecule has 1 aromatic carbocycles. The van der Waals surface area contributed by atoms with Crippen molar-refractivity contribution >= 4 is 44.4 Å². The van der Waals surface area contributed by atoms with Crippen molar-refractivity contribution in [2.24, 2.45) is 0 Å². The predicted molar refractivity (Wildman–Crippen MR) is 101 cm³/mol. The molecule has 0 saturated carbocycles. The highest BCUT2D eigenvalue weighted by Gasteiger charge is 2.18. The van der Waals surface area contributed by atoms with Gasteiger partial charge in [0.25, 0.3) is 5.56 Å². The number of anilines is 1. The average Bonchev–Trinajstić information content (AvgIpc) is 2.95. The summed E-state index contributed by atoms with van der Waals surface area (Å²) in [5.74, 6) is 0.0783. The lowest BCUT2D eigenvalue weighted by atomic mass is 10.3. The van der Waals surface area contributed by atoms with E-state index in [2.05, 4.69) is 20.3 Å². The first kappa shape index (κ1) is 18.2. The zero-order valence-corrected chi connectivity index (χ0v) is 15.6. The standard InChI is InChI=1S/C16H16N4O4S2/c1-3-24-9-4-5-10-11(6-9)26-15(17-10)20-14(23)8(2)25-16-18-12(21)7-13(22)19-16/h4-8H,3H2,1-2H3,(H,17,20,23)(H2,18,19,21,22). The summed E-state index contributed by atoms with van der Waals surface area (Å²) in [6.45, 7) is 4.16. The molecular weight excluding hydrogens is 376 g/mol. The normalized spacial score (nSPS) is 12.1. The van der Waals surface area contributed by atoms with Gasteiger partial charge in [-0.05, 0) is 32.0 Å². The molecule has 8 nitrogen and oxygen atoms in total. The molecule has 0 aliphatic heterocycles. The molecule has 3 aromatic rings. The monoisotopic (exact) mass is 392 g/mol. The number of fused-ring (bicyclic) bond motifs is 1. The van der Waals surface area contributed by atoms with E-state index in [0.29, 0.717) is 11.7 Å². The summed E-state index contributed by atoms with van der Waals surface area (Å²) in [6, 6.07) is 6.52. The van der Waals surface area contributed by atoms with Crippen molar-refractivity contribution in [1.82, 2.24) is 15.0 Å². The van der Waals surface area contributed by atoms with E-state index in [1.165, 1.54) is 11.3 Å². The highest BCUT2D eigenvalue weighted by Crippen LogP contribution is 2.30. The number of nitrogens with zero attached hydrogens (tertiary/aromatic N) is 2.